The number of benzene rings is 1. The number of likely N-dealkylation sites (tertiary alicyclic amines) is 1. The van der Waals surface area contributed by atoms with Crippen molar-refractivity contribution in [3.8, 4) is 0 Å². The average molecular weight is 380 g/mol. The van der Waals surface area contributed by atoms with Gasteiger partial charge in [-0.2, -0.15) is 0 Å². The summed E-state index contributed by atoms with van der Waals surface area (Å²) in [5.41, 5.74) is 1.43. The maximum atomic E-state index is 12.6. The number of aromatic nitrogens is 2. The Balaban J connectivity index is 1.22. The van der Waals surface area contributed by atoms with Crippen LogP contribution in [0.15, 0.2) is 48.8 Å². The Labute approximate surface area is 167 Å². The molecular formula is C22H29N5O. The number of nitrogens with zero attached hydrogens (tertiary/aromatic N) is 4. The Kier molecular flexibility index (Phi) is 6.17. The summed E-state index contributed by atoms with van der Waals surface area (Å²) in [6.45, 7) is 4.21. The lowest BCUT2D eigenvalue weighted by Gasteiger charge is -2.34. The van der Waals surface area contributed by atoms with E-state index in [2.05, 4.69) is 55.4 Å². The predicted octanol–water partition coefficient (Wildman–Crippen LogP) is 2.44. The summed E-state index contributed by atoms with van der Waals surface area (Å²) in [5.74, 6) is 1.52. The Morgan fingerprint density at radius 3 is 2.50 bits per heavy atom. The minimum absolute atomic E-state index is 0.138. The third kappa shape index (κ3) is 4.87. The molecule has 1 N–H and O–H groups in total. The summed E-state index contributed by atoms with van der Waals surface area (Å²) in [5, 5.41) is 3.23. The molecule has 2 aliphatic heterocycles. The molecule has 1 aromatic carbocycles. The van der Waals surface area contributed by atoms with Crippen LogP contribution in [0.2, 0.25) is 0 Å². The summed E-state index contributed by atoms with van der Waals surface area (Å²) in [6.07, 6.45) is 7.85. The summed E-state index contributed by atoms with van der Waals surface area (Å²) in [7, 11) is 0. The number of piperidine rings is 2. The molecule has 0 spiro atoms. The third-order valence-corrected chi connectivity index (χ3v) is 5.85. The van der Waals surface area contributed by atoms with Gasteiger partial charge in [0.05, 0.1) is 6.54 Å². The van der Waals surface area contributed by atoms with Crippen molar-refractivity contribution in [1.29, 1.82) is 0 Å². The first-order valence-electron chi connectivity index (χ1n) is 10.4. The maximum absolute atomic E-state index is 12.6. The fraction of sp³-hybridized carbons (Fsp3) is 0.500. The maximum Gasteiger partial charge on any atom is 0.234 e. The van der Waals surface area contributed by atoms with Gasteiger partial charge >= 0.3 is 0 Å². The Morgan fingerprint density at radius 2 is 1.75 bits per heavy atom. The summed E-state index contributed by atoms with van der Waals surface area (Å²) in [4.78, 5) is 25.7. The van der Waals surface area contributed by atoms with Crippen molar-refractivity contribution in [1.82, 2.24) is 20.2 Å². The van der Waals surface area contributed by atoms with Crippen LogP contribution in [0.1, 0.15) is 37.2 Å². The molecule has 1 atom stereocenters. The molecule has 2 aromatic rings. The van der Waals surface area contributed by atoms with E-state index in [4.69, 9.17) is 0 Å². The second kappa shape index (κ2) is 9.15. The molecule has 0 saturated carbocycles. The van der Waals surface area contributed by atoms with E-state index >= 15 is 0 Å². The lowest BCUT2D eigenvalue weighted by atomic mass is 9.89. The van der Waals surface area contributed by atoms with Crippen molar-refractivity contribution in [2.75, 3.05) is 37.6 Å². The number of nitrogens with one attached hydrogen (secondary N) is 1. The molecule has 0 radical (unpaired) electrons. The molecule has 6 nitrogen and oxygen atoms in total. The molecule has 1 aromatic heterocycles. The number of hydrogen-bond donors (Lipinski definition) is 1. The molecule has 2 saturated heterocycles. The van der Waals surface area contributed by atoms with Crippen LogP contribution in [0.5, 0.6) is 0 Å². The molecule has 148 valence electrons. The van der Waals surface area contributed by atoms with E-state index in [1.54, 1.807) is 12.4 Å². The quantitative estimate of drug-likeness (QED) is 0.865. The lowest BCUT2D eigenvalue weighted by Crippen LogP contribution is -2.51. The van der Waals surface area contributed by atoms with E-state index in [9.17, 15) is 4.79 Å². The molecule has 1 amide bonds. The fourth-order valence-electron chi connectivity index (χ4n) is 4.36. The topological polar surface area (TPSA) is 61.4 Å². The normalized spacial score (nSPS) is 21.4. The zero-order chi connectivity index (χ0) is 19.2. The highest BCUT2D eigenvalue weighted by Gasteiger charge is 2.25. The number of hydrogen-bond acceptors (Lipinski definition) is 5. The average Bonchev–Trinajstić information content (AvgIpc) is 2.76. The Morgan fingerprint density at radius 1 is 1.00 bits per heavy atom. The zero-order valence-corrected chi connectivity index (χ0v) is 16.3. The molecular weight excluding hydrogens is 350 g/mol. The second-order valence-electron chi connectivity index (χ2n) is 7.86. The van der Waals surface area contributed by atoms with Gasteiger partial charge in [0.25, 0.3) is 0 Å². The molecule has 6 heteroatoms. The number of carbonyl (C=O) groups is 1. The van der Waals surface area contributed by atoms with Crippen molar-refractivity contribution in [2.45, 2.75) is 37.6 Å². The van der Waals surface area contributed by atoms with Crippen LogP contribution < -0.4 is 10.2 Å². The summed E-state index contributed by atoms with van der Waals surface area (Å²) >= 11 is 0. The molecule has 28 heavy (non-hydrogen) atoms. The van der Waals surface area contributed by atoms with Crippen molar-refractivity contribution in [2.24, 2.45) is 0 Å². The molecule has 1 unspecified atom stereocenters. The first-order chi connectivity index (χ1) is 13.8. The van der Waals surface area contributed by atoms with Crippen LogP contribution in [-0.4, -0.2) is 59.5 Å². The zero-order valence-electron chi connectivity index (χ0n) is 16.3. The van der Waals surface area contributed by atoms with Gasteiger partial charge in [0.1, 0.15) is 0 Å². The van der Waals surface area contributed by atoms with Crippen LogP contribution in [0, 0.1) is 0 Å². The third-order valence-electron chi connectivity index (χ3n) is 5.85. The number of carbonyl (C=O) groups excluding carboxylic acids is 1. The van der Waals surface area contributed by atoms with Gasteiger partial charge in [-0.1, -0.05) is 30.3 Å². The monoisotopic (exact) mass is 379 g/mol. The fourth-order valence-corrected chi connectivity index (χ4v) is 4.36. The van der Waals surface area contributed by atoms with Crippen molar-refractivity contribution >= 4 is 11.9 Å². The van der Waals surface area contributed by atoms with Crippen LogP contribution in [0.3, 0.4) is 0 Å². The van der Waals surface area contributed by atoms with Crippen molar-refractivity contribution in [3.05, 3.63) is 54.4 Å². The minimum Gasteiger partial charge on any atom is -0.350 e. The molecule has 2 aliphatic rings. The van der Waals surface area contributed by atoms with Crippen molar-refractivity contribution < 1.29 is 4.79 Å². The summed E-state index contributed by atoms with van der Waals surface area (Å²) < 4.78 is 0. The van der Waals surface area contributed by atoms with Gasteiger partial charge in [0.15, 0.2) is 0 Å². The predicted molar refractivity (Wildman–Crippen MR) is 110 cm³/mol. The number of anilines is 1. The smallest absolute Gasteiger partial charge is 0.234 e. The highest BCUT2D eigenvalue weighted by atomic mass is 16.2. The van der Waals surface area contributed by atoms with Gasteiger partial charge < -0.3 is 10.2 Å². The van der Waals surface area contributed by atoms with E-state index < -0.39 is 0 Å². The van der Waals surface area contributed by atoms with Crippen LogP contribution in [-0.2, 0) is 4.79 Å². The van der Waals surface area contributed by atoms with Gasteiger partial charge in [-0.05, 0) is 56.3 Å². The lowest BCUT2D eigenvalue weighted by molar-refractivity contribution is -0.123. The first-order valence-corrected chi connectivity index (χ1v) is 10.4. The van der Waals surface area contributed by atoms with Gasteiger partial charge in [0, 0.05) is 31.5 Å². The van der Waals surface area contributed by atoms with Gasteiger partial charge in [-0.3, -0.25) is 9.69 Å². The van der Waals surface area contributed by atoms with E-state index in [-0.39, 0.29) is 11.9 Å². The van der Waals surface area contributed by atoms with E-state index in [1.165, 1.54) is 5.56 Å². The molecule has 3 heterocycles. The number of rotatable bonds is 5. The Hall–Kier alpha value is -2.47. The largest absolute Gasteiger partial charge is 0.350 e. The molecule has 0 aliphatic carbocycles. The Bertz CT molecular complexity index is 746. The SMILES string of the molecule is O=C(CN1CCC(c2ccccc2)CC1)NC1CCCN(c2ncccn2)C1. The first kappa shape index (κ1) is 18.9. The van der Waals surface area contributed by atoms with Gasteiger partial charge in [-0.25, -0.2) is 9.97 Å². The van der Waals surface area contributed by atoms with Gasteiger partial charge in [0.2, 0.25) is 11.9 Å². The standard InChI is InChI=1S/C22H29N5O/c28-21(17-26-14-9-19(10-15-26)18-6-2-1-3-7-18)25-20-8-4-13-27(16-20)22-23-11-5-12-24-22/h1-3,5-7,11-12,19-20H,4,8-10,13-17H2,(H,25,28). The number of amides is 1. The second-order valence-corrected chi connectivity index (χ2v) is 7.86. The molecule has 4 rings (SSSR count). The van der Waals surface area contributed by atoms with E-state index in [0.717, 1.165) is 57.8 Å². The van der Waals surface area contributed by atoms with Crippen LogP contribution in [0.25, 0.3) is 0 Å². The minimum atomic E-state index is 0.138. The van der Waals surface area contributed by atoms with Gasteiger partial charge in [-0.15, -0.1) is 0 Å². The molecule has 0 bridgehead atoms. The summed E-state index contributed by atoms with van der Waals surface area (Å²) in [6, 6.07) is 12.7. The van der Waals surface area contributed by atoms with Crippen LogP contribution in [0.4, 0.5) is 5.95 Å². The molecule has 2 fully saturated rings. The highest BCUT2D eigenvalue weighted by Crippen LogP contribution is 2.27. The van der Waals surface area contributed by atoms with Crippen LogP contribution >= 0.6 is 0 Å². The van der Waals surface area contributed by atoms with E-state index in [1.807, 2.05) is 6.07 Å². The van der Waals surface area contributed by atoms with E-state index in [0.29, 0.717) is 12.5 Å². The van der Waals surface area contributed by atoms with Crippen molar-refractivity contribution in [3.63, 3.8) is 0 Å². The highest BCUT2D eigenvalue weighted by molar-refractivity contribution is 5.78.